The van der Waals surface area contributed by atoms with Crippen LogP contribution >= 0.6 is 0 Å². The monoisotopic (exact) mass is 251 g/mol. The van der Waals surface area contributed by atoms with E-state index in [9.17, 15) is 9.59 Å². The second-order valence-electron chi connectivity index (χ2n) is 3.69. The molecule has 0 aliphatic heterocycles. The molecule has 1 amide bonds. The summed E-state index contributed by atoms with van der Waals surface area (Å²) in [5.74, 6) is -0.570. The summed E-state index contributed by atoms with van der Waals surface area (Å²) in [7, 11) is 3.08. The van der Waals surface area contributed by atoms with Crippen molar-refractivity contribution in [3.8, 4) is 0 Å². The first-order valence-corrected chi connectivity index (χ1v) is 5.60. The van der Waals surface area contributed by atoms with E-state index in [2.05, 4.69) is 15.0 Å². The molecule has 6 heteroatoms. The van der Waals surface area contributed by atoms with Gasteiger partial charge in [0, 0.05) is 25.5 Å². The van der Waals surface area contributed by atoms with Gasteiger partial charge in [0.15, 0.2) is 0 Å². The number of hydrogen-bond acceptors (Lipinski definition) is 5. The Labute approximate surface area is 106 Å². The lowest BCUT2D eigenvalue weighted by Crippen LogP contribution is -2.27. The number of pyridine rings is 1. The molecule has 0 aromatic carbocycles. The second kappa shape index (κ2) is 6.58. The number of nitrogens with zero attached hydrogens (tertiary/aromatic N) is 2. The molecule has 0 aliphatic carbocycles. The number of esters is 1. The molecule has 1 rings (SSSR count). The number of likely N-dealkylation sites (N-methyl/N-ethyl adjacent to an activating group) is 1. The van der Waals surface area contributed by atoms with Gasteiger partial charge in [-0.2, -0.15) is 0 Å². The molecule has 0 spiro atoms. The molecule has 18 heavy (non-hydrogen) atoms. The SMILES string of the molecule is CCNC(=O)c1cc(N(C)CC(=O)OC)ccn1. The van der Waals surface area contributed by atoms with Crippen molar-refractivity contribution in [2.24, 2.45) is 0 Å². The van der Waals surface area contributed by atoms with Crippen LogP contribution in [0.3, 0.4) is 0 Å². The Morgan fingerprint density at radius 2 is 2.22 bits per heavy atom. The van der Waals surface area contributed by atoms with Gasteiger partial charge in [-0.05, 0) is 19.1 Å². The molecule has 1 aromatic heterocycles. The molecule has 0 saturated carbocycles. The maximum absolute atomic E-state index is 11.6. The second-order valence-corrected chi connectivity index (χ2v) is 3.69. The molecule has 1 aromatic rings. The third kappa shape index (κ3) is 3.73. The highest BCUT2D eigenvalue weighted by atomic mass is 16.5. The van der Waals surface area contributed by atoms with Crippen molar-refractivity contribution in [3.63, 3.8) is 0 Å². The number of hydrogen-bond donors (Lipinski definition) is 1. The first-order chi connectivity index (χ1) is 8.58. The summed E-state index contributed by atoms with van der Waals surface area (Å²) in [6.07, 6.45) is 1.54. The zero-order valence-electron chi connectivity index (χ0n) is 10.8. The number of nitrogens with one attached hydrogen (secondary N) is 1. The van der Waals surface area contributed by atoms with Gasteiger partial charge in [-0.25, -0.2) is 0 Å². The summed E-state index contributed by atoms with van der Waals surface area (Å²) in [6, 6.07) is 3.36. The van der Waals surface area contributed by atoms with Crippen LogP contribution in [0.1, 0.15) is 17.4 Å². The summed E-state index contributed by atoms with van der Waals surface area (Å²) >= 11 is 0. The van der Waals surface area contributed by atoms with Crippen LogP contribution in [0.5, 0.6) is 0 Å². The molecule has 1 heterocycles. The Kier molecular flexibility index (Phi) is 5.10. The fourth-order valence-corrected chi connectivity index (χ4v) is 1.38. The largest absolute Gasteiger partial charge is 0.468 e. The van der Waals surface area contributed by atoms with E-state index in [1.165, 1.54) is 13.3 Å². The molecule has 0 atom stereocenters. The predicted octanol–water partition coefficient (Wildman–Crippen LogP) is 0.440. The van der Waals surface area contributed by atoms with Crippen LogP contribution in [-0.4, -0.2) is 44.1 Å². The van der Waals surface area contributed by atoms with Gasteiger partial charge in [0.1, 0.15) is 12.2 Å². The van der Waals surface area contributed by atoms with Crippen molar-refractivity contribution in [2.75, 3.05) is 32.1 Å². The lowest BCUT2D eigenvalue weighted by molar-refractivity contribution is -0.138. The minimum atomic E-state index is -0.339. The van der Waals surface area contributed by atoms with E-state index >= 15 is 0 Å². The number of aromatic nitrogens is 1. The molecule has 0 saturated heterocycles. The number of ether oxygens (including phenoxy) is 1. The van der Waals surface area contributed by atoms with E-state index in [-0.39, 0.29) is 18.4 Å². The topological polar surface area (TPSA) is 71.5 Å². The lowest BCUT2D eigenvalue weighted by atomic mass is 10.3. The molecular formula is C12H17N3O3. The normalized spacial score (nSPS) is 9.72. The quantitative estimate of drug-likeness (QED) is 0.769. The molecule has 1 N–H and O–H groups in total. The first kappa shape index (κ1) is 14.0. The van der Waals surface area contributed by atoms with Gasteiger partial charge in [0.05, 0.1) is 7.11 Å². The molecule has 0 bridgehead atoms. The molecule has 6 nitrogen and oxygen atoms in total. The first-order valence-electron chi connectivity index (χ1n) is 5.60. The van der Waals surface area contributed by atoms with Gasteiger partial charge in [0.2, 0.25) is 0 Å². The summed E-state index contributed by atoms with van der Waals surface area (Å²) in [4.78, 5) is 28.4. The molecular weight excluding hydrogens is 234 g/mol. The zero-order chi connectivity index (χ0) is 13.5. The van der Waals surface area contributed by atoms with E-state index in [0.29, 0.717) is 12.2 Å². The summed E-state index contributed by atoms with van der Waals surface area (Å²) in [5.41, 5.74) is 1.06. The standard InChI is InChI=1S/C12H17N3O3/c1-4-13-12(17)10-7-9(5-6-14-10)15(2)8-11(16)18-3/h5-7H,4,8H2,1-3H3,(H,13,17). The Morgan fingerprint density at radius 3 is 2.83 bits per heavy atom. The van der Waals surface area contributed by atoms with Crippen LogP contribution in [0.15, 0.2) is 18.3 Å². The molecule has 0 fully saturated rings. The average molecular weight is 251 g/mol. The molecule has 0 aliphatic rings. The van der Waals surface area contributed by atoms with Gasteiger partial charge in [0.25, 0.3) is 5.91 Å². The van der Waals surface area contributed by atoms with Crippen LogP contribution in [0, 0.1) is 0 Å². The van der Waals surface area contributed by atoms with Crippen molar-refractivity contribution >= 4 is 17.6 Å². The highest BCUT2D eigenvalue weighted by Gasteiger charge is 2.11. The molecule has 0 radical (unpaired) electrons. The van der Waals surface area contributed by atoms with Crippen molar-refractivity contribution in [3.05, 3.63) is 24.0 Å². The Hall–Kier alpha value is -2.11. The molecule has 98 valence electrons. The van der Waals surface area contributed by atoms with Crippen LogP contribution in [0.4, 0.5) is 5.69 Å². The number of carbonyl (C=O) groups is 2. The predicted molar refractivity (Wildman–Crippen MR) is 67.5 cm³/mol. The highest BCUT2D eigenvalue weighted by Crippen LogP contribution is 2.12. The van der Waals surface area contributed by atoms with Gasteiger partial charge in [-0.15, -0.1) is 0 Å². The summed E-state index contributed by atoms with van der Waals surface area (Å²) in [6.45, 7) is 2.50. The smallest absolute Gasteiger partial charge is 0.325 e. The number of methoxy groups -OCH3 is 1. The van der Waals surface area contributed by atoms with E-state index in [0.717, 1.165) is 5.69 Å². The van der Waals surface area contributed by atoms with Crippen molar-refractivity contribution < 1.29 is 14.3 Å². The third-order valence-electron chi connectivity index (χ3n) is 2.35. The maximum atomic E-state index is 11.6. The van der Waals surface area contributed by atoms with Crippen LogP contribution in [0.2, 0.25) is 0 Å². The third-order valence-corrected chi connectivity index (χ3v) is 2.35. The van der Waals surface area contributed by atoms with Gasteiger partial charge < -0.3 is 15.0 Å². The number of anilines is 1. The van der Waals surface area contributed by atoms with Crippen molar-refractivity contribution in [2.45, 2.75) is 6.92 Å². The molecule has 0 unspecified atom stereocenters. The van der Waals surface area contributed by atoms with E-state index in [1.807, 2.05) is 6.92 Å². The Balaban J connectivity index is 2.81. The van der Waals surface area contributed by atoms with Crippen molar-refractivity contribution in [1.82, 2.24) is 10.3 Å². The lowest BCUT2D eigenvalue weighted by Gasteiger charge is -2.17. The van der Waals surface area contributed by atoms with E-state index in [1.54, 1.807) is 24.1 Å². The van der Waals surface area contributed by atoms with Gasteiger partial charge in [-0.3, -0.25) is 14.6 Å². The Morgan fingerprint density at radius 1 is 1.50 bits per heavy atom. The van der Waals surface area contributed by atoms with Crippen LogP contribution in [0.25, 0.3) is 0 Å². The van der Waals surface area contributed by atoms with Crippen LogP contribution < -0.4 is 10.2 Å². The van der Waals surface area contributed by atoms with Crippen LogP contribution in [-0.2, 0) is 9.53 Å². The fourth-order valence-electron chi connectivity index (χ4n) is 1.38. The van der Waals surface area contributed by atoms with Crippen molar-refractivity contribution in [1.29, 1.82) is 0 Å². The Bertz CT molecular complexity index is 434. The average Bonchev–Trinajstić information content (AvgIpc) is 2.39. The summed E-state index contributed by atoms with van der Waals surface area (Å²) in [5, 5.41) is 2.67. The maximum Gasteiger partial charge on any atom is 0.325 e. The minimum absolute atomic E-state index is 0.120. The number of carbonyl (C=O) groups excluding carboxylic acids is 2. The minimum Gasteiger partial charge on any atom is -0.468 e. The number of rotatable bonds is 5. The van der Waals surface area contributed by atoms with E-state index < -0.39 is 0 Å². The highest BCUT2D eigenvalue weighted by molar-refractivity contribution is 5.93. The summed E-state index contributed by atoms with van der Waals surface area (Å²) < 4.78 is 4.58. The number of amides is 1. The van der Waals surface area contributed by atoms with Gasteiger partial charge >= 0.3 is 5.97 Å². The van der Waals surface area contributed by atoms with Gasteiger partial charge in [-0.1, -0.05) is 0 Å². The zero-order valence-corrected chi connectivity index (χ0v) is 10.8. The fraction of sp³-hybridized carbons (Fsp3) is 0.417. The van der Waals surface area contributed by atoms with E-state index in [4.69, 9.17) is 0 Å².